The standard InChI is InChI=1S/C11H18N2O/c1-3-5-7-10(8-6-4-2)9-11(14)13-12/h3,5-8H,4,9,12H2,1-2H3,(H,13,14)/b5-3-,8-6-,10-7+. The Morgan fingerprint density at radius 2 is 2.21 bits per heavy atom. The molecule has 0 bridgehead atoms. The third-order valence-electron chi connectivity index (χ3n) is 1.60. The van der Waals surface area contributed by atoms with Crippen molar-refractivity contribution in [2.24, 2.45) is 5.84 Å². The van der Waals surface area contributed by atoms with Crippen LogP contribution in [-0.2, 0) is 4.79 Å². The lowest BCUT2D eigenvalue weighted by atomic mass is 10.1. The molecule has 3 heteroatoms. The van der Waals surface area contributed by atoms with E-state index < -0.39 is 0 Å². The summed E-state index contributed by atoms with van der Waals surface area (Å²) in [6.07, 6.45) is 10.9. The average Bonchev–Trinajstić information content (AvgIpc) is 2.21. The SMILES string of the molecule is C\C=C/C=C(\C=C/CC)CC(=O)NN. The highest BCUT2D eigenvalue weighted by Gasteiger charge is 1.99. The Labute approximate surface area is 85.3 Å². The maximum Gasteiger partial charge on any atom is 0.238 e. The topological polar surface area (TPSA) is 55.1 Å². The van der Waals surface area contributed by atoms with Crippen LogP contribution in [0.15, 0.2) is 36.0 Å². The average molecular weight is 194 g/mol. The molecule has 0 fully saturated rings. The molecule has 0 unspecified atom stereocenters. The molecule has 1 amide bonds. The number of nitrogens with two attached hydrogens (primary N) is 1. The van der Waals surface area contributed by atoms with Gasteiger partial charge in [0.25, 0.3) is 0 Å². The Bertz CT molecular complexity index is 252. The Morgan fingerprint density at radius 3 is 2.71 bits per heavy atom. The van der Waals surface area contributed by atoms with E-state index in [-0.39, 0.29) is 5.91 Å². The number of hydrazine groups is 1. The molecule has 0 aromatic carbocycles. The minimum absolute atomic E-state index is 0.179. The van der Waals surface area contributed by atoms with Gasteiger partial charge in [-0.15, -0.1) is 0 Å². The molecule has 0 saturated carbocycles. The maximum atomic E-state index is 11.0. The fraction of sp³-hybridized carbons (Fsp3) is 0.364. The summed E-state index contributed by atoms with van der Waals surface area (Å²) >= 11 is 0. The van der Waals surface area contributed by atoms with Crippen LogP contribution in [0.4, 0.5) is 0 Å². The van der Waals surface area contributed by atoms with E-state index in [0.29, 0.717) is 6.42 Å². The van der Waals surface area contributed by atoms with E-state index in [9.17, 15) is 4.79 Å². The molecule has 0 aromatic heterocycles. The molecule has 14 heavy (non-hydrogen) atoms. The lowest BCUT2D eigenvalue weighted by Crippen LogP contribution is -2.29. The third kappa shape index (κ3) is 6.20. The number of carbonyl (C=O) groups is 1. The molecule has 0 aromatic rings. The molecule has 0 rings (SSSR count). The molecule has 0 atom stereocenters. The Hall–Kier alpha value is -1.35. The van der Waals surface area contributed by atoms with Crippen molar-refractivity contribution in [2.45, 2.75) is 26.7 Å². The summed E-state index contributed by atoms with van der Waals surface area (Å²) in [6.45, 7) is 3.98. The largest absolute Gasteiger partial charge is 0.294 e. The van der Waals surface area contributed by atoms with E-state index in [1.807, 2.05) is 44.2 Å². The van der Waals surface area contributed by atoms with Crippen molar-refractivity contribution >= 4 is 5.91 Å². The lowest BCUT2D eigenvalue weighted by molar-refractivity contribution is -0.120. The first kappa shape index (κ1) is 12.7. The van der Waals surface area contributed by atoms with Crippen LogP contribution in [-0.4, -0.2) is 5.91 Å². The predicted molar refractivity (Wildman–Crippen MR) is 59.3 cm³/mol. The molecule has 0 saturated heterocycles. The number of nitrogens with one attached hydrogen (secondary N) is 1. The highest BCUT2D eigenvalue weighted by Crippen LogP contribution is 2.04. The normalized spacial score (nSPS) is 12.6. The summed E-state index contributed by atoms with van der Waals surface area (Å²) in [5.41, 5.74) is 3.06. The summed E-state index contributed by atoms with van der Waals surface area (Å²) in [7, 11) is 0. The maximum absolute atomic E-state index is 11.0. The van der Waals surface area contributed by atoms with Crippen LogP contribution in [0.25, 0.3) is 0 Å². The van der Waals surface area contributed by atoms with Gasteiger partial charge in [0.05, 0.1) is 6.42 Å². The van der Waals surface area contributed by atoms with E-state index >= 15 is 0 Å². The first-order valence-corrected chi connectivity index (χ1v) is 4.72. The van der Waals surface area contributed by atoms with Gasteiger partial charge in [0, 0.05) is 0 Å². The summed E-state index contributed by atoms with van der Waals surface area (Å²) in [5, 5.41) is 0. The number of rotatable bonds is 5. The van der Waals surface area contributed by atoms with Crippen molar-refractivity contribution < 1.29 is 4.79 Å². The summed E-state index contributed by atoms with van der Waals surface area (Å²) < 4.78 is 0. The van der Waals surface area contributed by atoms with Crippen molar-refractivity contribution in [3.8, 4) is 0 Å². The fourth-order valence-electron chi connectivity index (χ4n) is 0.899. The quantitative estimate of drug-likeness (QED) is 0.303. The van der Waals surface area contributed by atoms with Gasteiger partial charge in [0.1, 0.15) is 0 Å². The first-order valence-electron chi connectivity index (χ1n) is 4.72. The van der Waals surface area contributed by atoms with Crippen molar-refractivity contribution in [1.82, 2.24) is 5.43 Å². The van der Waals surface area contributed by atoms with Gasteiger partial charge in [-0.25, -0.2) is 5.84 Å². The van der Waals surface area contributed by atoms with Crippen LogP contribution in [0.1, 0.15) is 26.7 Å². The van der Waals surface area contributed by atoms with Gasteiger partial charge >= 0.3 is 0 Å². The van der Waals surface area contributed by atoms with E-state index in [1.54, 1.807) is 0 Å². The zero-order valence-corrected chi connectivity index (χ0v) is 8.79. The van der Waals surface area contributed by atoms with Crippen LogP contribution in [0.3, 0.4) is 0 Å². The van der Waals surface area contributed by atoms with E-state index in [0.717, 1.165) is 12.0 Å². The van der Waals surface area contributed by atoms with Crippen LogP contribution in [0.2, 0.25) is 0 Å². The molecule has 3 nitrogen and oxygen atoms in total. The second-order valence-electron chi connectivity index (χ2n) is 2.82. The molecule has 0 spiro atoms. The Kier molecular flexibility index (Phi) is 7.46. The van der Waals surface area contributed by atoms with Gasteiger partial charge in [-0.2, -0.15) is 0 Å². The van der Waals surface area contributed by atoms with Gasteiger partial charge in [-0.3, -0.25) is 10.2 Å². The number of carbonyl (C=O) groups excluding carboxylic acids is 1. The smallest absolute Gasteiger partial charge is 0.238 e. The highest BCUT2D eigenvalue weighted by atomic mass is 16.2. The number of hydrogen-bond acceptors (Lipinski definition) is 2. The molecular formula is C11H18N2O. The van der Waals surface area contributed by atoms with Crippen LogP contribution < -0.4 is 11.3 Å². The molecule has 0 radical (unpaired) electrons. The van der Waals surface area contributed by atoms with Crippen LogP contribution in [0, 0.1) is 0 Å². The molecular weight excluding hydrogens is 176 g/mol. The molecule has 0 aliphatic heterocycles. The Balaban J connectivity index is 4.39. The molecule has 0 aliphatic rings. The van der Waals surface area contributed by atoms with Crippen molar-refractivity contribution in [3.63, 3.8) is 0 Å². The summed E-state index contributed by atoms with van der Waals surface area (Å²) in [4.78, 5) is 11.0. The molecule has 0 heterocycles. The van der Waals surface area contributed by atoms with E-state index in [4.69, 9.17) is 5.84 Å². The van der Waals surface area contributed by atoms with Crippen molar-refractivity contribution in [2.75, 3.05) is 0 Å². The van der Waals surface area contributed by atoms with Gasteiger partial charge in [0.15, 0.2) is 0 Å². The summed E-state index contributed by atoms with van der Waals surface area (Å²) in [6, 6.07) is 0. The van der Waals surface area contributed by atoms with Gasteiger partial charge in [0.2, 0.25) is 5.91 Å². The summed E-state index contributed by atoms with van der Waals surface area (Å²) in [5.74, 6) is 4.83. The Morgan fingerprint density at radius 1 is 1.50 bits per heavy atom. The second-order valence-corrected chi connectivity index (χ2v) is 2.82. The number of amides is 1. The first-order chi connectivity index (χ1) is 6.74. The minimum atomic E-state index is -0.179. The predicted octanol–water partition coefficient (Wildman–Crippen LogP) is 1.84. The molecule has 0 aliphatic carbocycles. The number of allylic oxidation sites excluding steroid dienone is 5. The zero-order chi connectivity index (χ0) is 10.8. The monoisotopic (exact) mass is 194 g/mol. The van der Waals surface area contributed by atoms with Gasteiger partial charge in [-0.1, -0.05) is 37.3 Å². The second kappa shape index (κ2) is 8.26. The van der Waals surface area contributed by atoms with Crippen LogP contribution in [0.5, 0.6) is 0 Å². The highest BCUT2D eigenvalue weighted by molar-refractivity contribution is 5.78. The fourth-order valence-corrected chi connectivity index (χ4v) is 0.899. The minimum Gasteiger partial charge on any atom is -0.294 e. The van der Waals surface area contributed by atoms with Gasteiger partial charge < -0.3 is 0 Å². The number of hydrogen-bond donors (Lipinski definition) is 2. The third-order valence-corrected chi connectivity index (χ3v) is 1.60. The van der Waals surface area contributed by atoms with E-state index in [2.05, 4.69) is 5.43 Å². The van der Waals surface area contributed by atoms with Crippen molar-refractivity contribution in [1.29, 1.82) is 0 Å². The lowest BCUT2D eigenvalue weighted by Gasteiger charge is -1.99. The van der Waals surface area contributed by atoms with E-state index in [1.165, 1.54) is 0 Å². The zero-order valence-electron chi connectivity index (χ0n) is 8.79. The van der Waals surface area contributed by atoms with Crippen molar-refractivity contribution in [3.05, 3.63) is 36.0 Å². The van der Waals surface area contributed by atoms with Crippen LogP contribution >= 0.6 is 0 Å². The molecule has 78 valence electrons. The molecule has 3 N–H and O–H groups in total. The van der Waals surface area contributed by atoms with Gasteiger partial charge in [-0.05, 0) is 18.9 Å².